The second kappa shape index (κ2) is 11.5. The summed E-state index contributed by atoms with van der Waals surface area (Å²) >= 11 is 0. The van der Waals surface area contributed by atoms with Crippen molar-refractivity contribution in [3.8, 4) is 11.4 Å². The van der Waals surface area contributed by atoms with Crippen molar-refractivity contribution in [1.29, 1.82) is 0 Å². The number of carbonyl (C=O) groups is 2. The second-order valence-corrected chi connectivity index (χ2v) is 7.70. The van der Waals surface area contributed by atoms with Gasteiger partial charge in [-0.2, -0.15) is 18.7 Å². The largest absolute Gasteiger partial charge is 0.416 e. The van der Waals surface area contributed by atoms with Crippen LogP contribution in [0.5, 0.6) is 0 Å². The van der Waals surface area contributed by atoms with E-state index in [2.05, 4.69) is 20.8 Å². The number of benzene rings is 2. The van der Waals surface area contributed by atoms with Crippen molar-refractivity contribution in [2.45, 2.75) is 45.3 Å². The second-order valence-electron chi connectivity index (χ2n) is 7.70. The monoisotopic (exact) mass is 486 g/mol. The van der Waals surface area contributed by atoms with E-state index in [1.807, 2.05) is 6.92 Å². The molecule has 10 heteroatoms. The van der Waals surface area contributed by atoms with Crippen LogP contribution in [0.4, 0.5) is 18.9 Å². The van der Waals surface area contributed by atoms with E-state index in [0.717, 1.165) is 18.6 Å². The molecule has 1 atom stereocenters. The summed E-state index contributed by atoms with van der Waals surface area (Å²) in [5.41, 5.74) is 3.52. The number of rotatable bonds is 8. The lowest BCUT2D eigenvalue weighted by atomic mass is 9.96. The number of amides is 1. The van der Waals surface area contributed by atoms with Crippen LogP contribution in [0.15, 0.2) is 60.9 Å². The number of nitrogens with one attached hydrogen (secondary N) is 2. The van der Waals surface area contributed by atoms with Crippen LogP contribution < -0.4 is 10.8 Å². The van der Waals surface area contributed by atoms with Crippen LogP contribution in [-0.4, -0.2) is 21.8 Å². The first kappa shape index (κ1) is 25.7. The molecule has 0 saturated heterocycles. The highest BCUT2D eigenvalue weighted by Gasteiger charge is 2.30. The van der Waals surface area contributed by atoms with E-state index in [-0.39, 0.29) is 18.3 Å². The van der Waals surface area contributed by atoms with Crippen LogP contribution in [-0.2, 0) is 15.8 Å². The molecule has 184 valence electrons. The normalized spacial score (nSPS) is 12.0. The van der Waals surface area contributed by atoms with Crippen molar-refractivity contribution in [3.05, 3.63) is 77.6 Å². The zero-order chi connectivity index (χ0) is 25.4. The van der Waals surface area contributed by atoms with Crippen LogP contribution in [0.1, 0.15) is 60.6 Å². The zero-order valence-electron chi connectivity index (χ0n) is 19.2. The molecule has 0 bridgehead atoms. The molecule has 0 aliphatic rings. The molecular weight excluding hydrogens is 461 g/mol. The van der Waals surface area contributed by atoms with Gasteiger partial charge in [0.05, 0.1) is 29.7 Å². The summed E-state index contributed by atoms with van der Waals surface area (Å²) < 4.78 is 38.4. The zero-order valence-corrected chi connectivity index (χ0v) is 19.2. The van der Waals surface area contributed by atoms with Crippen molar-refractivity contribution in [2.75, 3.05) is 5.32 Å². The minimum atomic E-state index is -4.41. The minimum Gasteiger partial charge on any atom is -0.376 e. The summed E-state index contributed by atoms with van der Waals surface area (Å²) in [4.78, 5) is 37.3. The molecule has 1 unspecified atom stereocenters. The van der Waals surface area contributed by atoms with Gasteiger partial charge in [0.15, 0.2) is 5.82 Å². The van der Waals surface area contributed by atoms with Crippen molar-refractivity contribution in [1.82, 2.24) is 15.4 Å². The third kappa shape index (κ3) is 6.78. The predicted molar refractivity (Wildman–Crippen MR) is 124 cm³/mol. The number of hydrogen-bond donors (Lipinski definition) is 2. The average molecular weight is 486 g/mol. The van der Waals surface area contributed by atoms with Gasteiger partial charge in [0.1, 0.15) is 0 Å². The highest BCUT2D eigenvalue weighted by molar-refractivity contribution is 5.96. The van der Waals surface area contributed by atoms with E-state index in [9.17, 15) is 22.8 Å². The maximum Gasteiger partial charge on any atom is 0.416 e. The summed E-state index contributed by atoms with van der Waals surface area (Å²) in [6.07, 6.45) is 0.280. The molecular formula is C25H25F3N4O3. The molecule has 2 aromatic carbocycles. The Labute approximate surface area is 200 Å². The molecule has 2 N–H and O–H groups in total. The van der Waals surface area contributed by atoms with E-state index in [0.29, 0.717) is 28.8 Å². The minimum absolute atomic E-state index is 0.129. The lowest BCUT2D eigenvalue weighted by Crippen LogP contribution is -2.28. The molecule has 0 radical (unpaired) electrons. The Bertz CT molecular complexity index is 1150. The Morgan fingerprint density at radius 2 is 1.66 bits per heavy atom. The van der Waals surface area contributed by atoms with Crippen molar-refractivity contribution in [3.63, 3.8) is 0 Å². The van der Waals surface area contributed by atoms with Gasteiger partial charge in [0, 0.05) is 17.5 Å². The first-order chi connectivity index (χ1) is 16.7. The van der Waals surface area contributed by atoms with E-state index < -0.39 is 23.6 Å². The first-order valence-corrected chi connectivity index (χ1v) is 11.1. The number of alkyl halides is 3. The predicted octanol–water partition coefficient (Wildman–Crippen LogP) is 5.71. The van der Waals surface area contributed by atoms with E-state index in [1.165, 1.54) is 24.5 Å². The van der Waals surface area contributed by atoms with E-state index >= 15 is 0 Å². The first-order valence-electron chi connectivity index (χ1n) is 11.1. The van der Waals surface area contributed by atoms with Gasteiger partial charge in [-0.1, -0.05) is 50.6 Å². The topological polar surface area (TPSA) is 93.2 Å². The Morgan fingerprint density at radius 1 is 1.00 bits per heavy atom. The maximum absolute atomic E-state index is 12.8. The van der Waals surface area contributed by atoms with Gasteiger partial charge in [0.2, 0.25) is 0 Å². The Hall–Kier alpha value is -3.95. The number of hydrogen-bond acceptors (Lipinski definition) is 6. The SMILES string of the molecule is CCCC(Nc1cnc(-c2ccc(C(F)(F)F)cc2)nc1)c1ccccc1C(=O)NOC(=O)CC. The lowest BCUT2D eigenvalue weighted by molar-refractivity contribution is -0.148. The number of hydroxylamine groups is 1. The molecule has 0 fully saturated rings. The Morgan fingerprint density at radius 3 is 2.26 bits per heavy atom. The molecule has 7 nitrogen and oxygen atoms in total. The highest BCUT2D eigenvalue weighted by atomic mass is 19.4. The smallest absolute Gasteiger partial charge is 0.376 e. The van der Waals surface area contributed by atoms with E-state index in [1.54, 1.807) is 31.2 Å². The van der Waals surface area contributed by atoms with Crippen LogP contribution in [0.2, 0.25) is 0 Å². The quantitative estimate of drug-likeness (QED) is 0.396. The summed E-state index contributed by atoms with van der Waals surface area (Å²) in [6, 6.07) is 11.3. The van der Waals surface area contributed by atoms with Gasteiger partial charge < -0.3 is 10.2 Å². The van der Waals surface area contributed by atoms with Crippen molar-refractivity contribution >= 4 is 17.6 Å². The molecule has 35 heavy (non-hydrogen) atoms. The van der Waals surface area contributed by atoms with Gasteiger partial charge in [0.25, 0.3) is 5.91 Å². The number of anilines is 1. The molecule has 0 saturated carbocycles. The lowest BCUT2D eigenvalue weighted by Gasteiger charge is -2.22. The summed E-state index contributed by atoms with van der Waals surface area (Å²) in [6.45, 7) is 3.62. The maximum atomic E-state index is 12.8. The number of aromatic nitrogens is 2. The van der Waals surface area contributed by atoms with E-state index in [4.69, 9.17) is 4.84 Å². The van der Waals surface area contributed by atoms with Gasteiger partial charge in [-0.05, 0) is 30.2 Å². The Balaban J connectivity index is 1.78. The van der Waals surface area contributed by atoms with Gasteiger partial charge in [-0.25, -0.2) is 14.8 Å². The molecule has 0 aliphatic heterocycles. The van der Waals surface area contributed by atoms with Crippen LogP contribution >= 0.6 is 0 Å². The highest BCUT2D eigenvalue weighted by Crippen LogP contribution is 2.31. The summed E-state index contributed by atoms with van der Waals surface area (Å²) in [5.74, 6) is -0.808. The fourth-order valence-electron chi connectivity index (χ4n) is 3.39. The fraction of sp³-hybridized carbons (Fsp3) is 0.280. The number of nitrogens with zero attached hydrogens (tertiary/aromatic N) is 2. The van der Waals surface area contributed by atoms with Crippen LogP contribution in [0.25, 0.3) is 11.4 Å². The van der Waals surface area contributed by atoms with Gasteiger partial charge in [-0.15, -0.1) is 0 Å². The van der Waals surface area contributed by atoms with Crippen molar-refractivity contribution < 1.29 is 27.6 Å². The standard InChI is InChI=1S/C25H25F3N4O3/c1-3-7-21(19-8-5-6-9-20(19)24(34)32-35-22(33)4-2)31-18-14-29-23(30-15-18)16-10-12-17(13-11-16)25(26,27)28/h5-6,8-15,21,31H,3-4,7H2,1-2H3,(H,32,34). The number of carbonyl (C=O) groups excluding carboxylic acids is 2. The molecule has 0 spiro atoms. The van der Waals surface area contributed by atoms with Gasteiger partial charge in [-0.3, -0.25) is 4.79 Å². The number of halogens is 3. The average Bonchev–Trinajstić information content (AvgIpc) is 2.86. The Kier molecular flexibility index (Phi) is 8.40. The van der Waals surface area contributed by atoms with Crippen LogP contribution in [0, 0.1) is 0 Å². The van der Waals surface area contributed by atoms with Gasteiger partial charge >= 0.3 is 12.1 Å². The molecule has 1 amide bonds. The third-order valence-electron chi connectivity index (χ3n) is 5.17. The van der Waals surface area contributed by atoms with Crippen molar-refractivity contribution in [2.24, 2.45) is 0 Å². The molecule has 3 aromatic rings. The van der Waals surface area contributed by atoms with Crippen LogP contribution in [0.3, 0.4) is 0 Å². The molecule has 3 rings (SSSR count). The molecule has 1 aromatic heterocycles. The molecule has 0 aliphatic carbocycles. The fourth-order valence-corrected chi connectivity index (χ4v) is 3.39. The summed E-state index contributed by atoms with van der Waals surface area (Å²) in [5, 5.41) is 3.31. The molecule has 1 heterocycles. The summed E-state index contributed by atoms with van der Waals surface area (Å²) in [7, 11) is 0. The third-order valence-corrected chi connectivity index (χ3v) is 5.17.